The van der Waals surface area contributed by atoms with Gasteiger partial charge in [0.2, 0.25) is 0 Å². The average molecular weight is 341 g/mol. The van der Waals surface area contributed by atoms with Gasteiger partial charge in [-0.3, -0.25) is 0 Å². The van der Waals surface area contributed by atoms with Gasteiger partial charge in [0.1, 0.15) is 10.9 Å². The highest BCUT2D eigenvalue weighted by Crippen LogP contribution is 2.33. The lowest BCUT2D eigenvalue weighted by molar-refractivity contribution is 0.709. The summed E-state index contributed by atoms with van der Waals surface area (Å²) in [6.07, 6.45) is 0. The number of hydrogen-bond acceptors (Lipinski definition) is 7. The minimum atomic E-state index is 0.323. The predicted octanol–water partition coefficient (Wildman–Crippen LogP) is 4.84. The van der Waals surface area contributed by atoms with Gasteiger partial charge in [-0.05, 0) is 29.5 Å². The summed E-state index contributed by atoms with van der Waals surface area (Å²) in [6.45, 7) is 10.7. The third-order valence-electron chi connectivity index (χ3n) is 2.70. The first-order valence-corrected chi connectivity index (χ1v) is 9.64. The number of hydrogen-bond donors (Lipinski definition) is 0. The molecule has 0 atom stereocenters. The molecule has 2 heterocycles. The molecule has 0 aliphatic rings. The Morgan fingerprint density at radius 1 is 1.05 bits per heavy atom. The molecule has 7 heteroatoms. The van der Waals surface area contributed by atoms with Crippen LogP contribution in [-0.2, 0) is 0 Å². The van der Waals surface area contributed by atoms with Gasteiger partial charge in [-0.25, -0.2) is 9.97 Å². The van der Waals surface area contributed by atoms with E-state index in [1.807, 2.05) is 0 Å². The summed E-state index contributed by atoms with van der Waals surface area (Å²) in [5.74, 6) is 2.63. The highest BCUT2D eigenvalue weighted by atomic mass is 32.2. The van der Waals surface area contributed by atoms with E-state index in [1.165, 1.54) is 0 Å². The lowest BCUT2D eigenvalue weighted by Crippen LogP contribution is -2.03. The fourth-order valence-corrected chi connectivity index (χ4v) is 4.46. The maximum Gasteiger partial charge on any atom is 0.181 e. The van der Waals surface area contributed by atoms with Crippen LogP contribution in [0, 0.1) is 0 Å². The lowest BCUT2D eigenvalue weighted by atomic mass is 10.1. The van der Waals surface area contributed by atoms with Gasteiger partial charge < -0.3 is 0 Å². The molecule has 0 aromatic carbocycles. The van der Waals surface area contributed by atoms with Crippen molar-refractivity contribution in [1.29, 1.82) is 0 Å². The zero-order chi connectivity index (χ0) is 15.4. The van der Waals surface area contributed by atoms with Crippen molar-refractivity contribution in [2.24, 2.45) is 0 Å². The third kappa shape index (κ3) is 4.66. The highest BCUT2D eigenvalue weighted by molar-refractivity contribution is 8.03. The topological polar surface area (TPSA) is 51.6 Å². The van der Waals surface area contributed by atoms with Crippen molar-refractivity contribution in [3.8, 4) is 0 Å². The van der Waals surface area contributed by atoms with Crippen molar-refractivity contribution in [3.63, 3.8) is 0 Å². The van der Waals surface area contributed by atoms with Crippen LogP contribution in [-0.4, -0.2) is 25.9 Å². The van der Waals surface area contributed by atoms with E-state index >= 15 is 0 Å². The van der Waals surface area contributed by atoms with Crippen molar-refractivity contribution in [3.05, 3.63) is 17.6 Å². The van der Waals surface area contributed by atoms with E-state index in [0.29, 0.717) is 11.8 Å². The molecule has 0 spiro atoms. The van der Waals surface area contributed by atoms with Gasteiger partial charge in [0.25, 0.3) is 0 Å². The minimum absolute atomic E-state index is 0.323. The van der Waals surface area contributed by atoms with E-state index < -0.39 is 0 Å². The molecule has 114 valence electrons. The second-order valence-corrected chi connectivity index (χ2v) is 8.92. The Kier molecular flexibility index (Phi) is 6.01. The number of thioether (sulfide) groups is 1. The molecule has 2 aromatic heterocycles. The van der Waals surface area contributed by atoms with E-state index in [0.717, 1.165) is 31.0 Å². The maximum absolute atomic E-state index is 4.65. The lowest BCUT2D eigenvalue weighted by Gasteiger charge is -2.11. The van der Waals surface area contributed by atoms with Crippen molar-refractivity contribution < 1.29 is 0 Å². The molecule has 2 rings (SSSR count). The molecule has 2 aromatic rings. The van der Waals surface area contributed by atoms with Crippen LogP contribution >= 0.6 is 34.9 Å². The Morgan fingerprint density at radius 3 is 2.38 bits per heavy atom. The second-order valence-electron chi connectivity index (χ2n) is 5.17. The molecular weight excluding hydrogens is 320 g/mol. The smallest absolute Gasteiger partial charge is 0.181 e. The summed E-state index contributed by atoms with van der Waals surface area (Å²) in [6, 6.07) is 2.06. The van der Waals surface area contributed by atoms with Crippen molar-refractivity contribution in [1.82, 2.24) is 20.2 Å². The molecule has 0 radical (unpaired) electrons. The summed E-state index contributed by atoms with van der Waals surface area (Å²) in [7, 11) is 0. The highest BCUT2D eigenvalue weighted by Gasteiger charge is 2.13. The number of nitrogens with zero attached hydrogens (tertiary/aromatic N) is 4. The number of aromatic nitrogens is 4. The van der Waals surface area contributed by atoms with Gasteiger partial charge in [-0.1, -0.05) is 57.7 Å². The summed E-state index contributed by atoms with van der Waals surface area (Å²) >= 11 is 4.92. The largest absolute Gasteiger partial charge is 0.237 e. The Balaban J connectivity index is 2.25. The standard InChI is InChI=1S/C14H20N4S3/c1-6-19-13-17-18-14(21-13)20-11-7-10(8(2)3)15-12(16-11)9(4)5/h7-9H,6H2,1-5H3. The Morgan fingerprint density at radius 2 is 1.76 bits per heavy atom. The van der Waals surface area contributed by atoms with E-state index in [1.54, 1.807) is 34.9 Å². The van der Waals surface area contributed by atoms with Crippen LogP contribution in [0.1, 0.15) is 58.0 Å². The maximum atomic E-state index is 4.65. The SMILES string of the molecule is CCSc1nnc(Sc2cc(C(C)C)nc(C(C)C)n2)s1. The molecule has 0 N–H and O–H groups in total. The fraction of sp³-hybridized carbons (Fsp3) is 0.571. The molecule has 0 aliphatic heterocycles. The molecule has 0 aliphatic carbocycles. The van der Waals surface area contributed by atoms with E-state index in [9.17, 15) is 0 Å². The molecule has 0 bridgehead atoms. The molecule has 0 saturated heterocycles. The molecule has 4 nitrogen and oxygen atoms in total. The van der Waals surface area contributed by atoms with Crippen LogP contribution in [0.2, 0.25) is 0 Å². The average Bonchev–Trinajstić information content (AvgIpc) is 2.86. The summed E-state index contributed by atoms with van der Waals surface area (Å²) < 4.78 is 1.95. The first-order valence-electron chi connectivity index (χ1n) is 7.02. The molecule has 21 heavy (non-hydrogen) atoms. The first-order chi connectivity index (χ1) is 9.99. The fourth-order valence-electron chi connectivity index (χ4n) is 1.58. The minimum Gasteiger partial charge on any atom is -0.237 e. The number of rotatable bonds is 6. The van der Waals surface area contributed by atoms with Crippen molar-refractivity contribution >= 4 is 34.9 Å². The van der Waals surface area contributed by atoms with Gasteiger partial charge in [-0.15, -0.1) is 10.2 Å². The van der Waals surface area contributed by atoms with E-state index in [4.69, 9.17) is 0 Å². The quantitative estimate of drug-likeness (QED) is 0.554. The Hall–Kier alpha value is -0.660. The Labute approximate surface area is 138 Å². The van der Waals surface area contributed by atoms with Crippen LogP contribution in [0.4, 0.5) is 0 Å². The van der Waals surface area contributed by atoms with Crippen LogP contribution in [0.15, 0.2) is 19.8 Å². The summed E-state index contributed by atoms with van der Waals surface area (Å²) in [5, 5.41) is 9.37. The van der Waals surface area contributed by atoms with Crippen LogP contribution in [0.3, 0.4) is 0 Å². The zero-order valence-corrected chi connectivity index (χ0v) is 15.4. The monoisotopic (exact) mass is 340 g/mol. The van der Waals surface area contributed by atoms with Gasteiger partial charge in [0, 0.05) is 11.6 Å². The van der Waals surface area contributed by atoms with E-state index in [2.05, 4.69) is 60.9 Å². The molecule has 0 amide bonds. The zero-order valence-electron chi connectivity index (χ0n) is 13.0. The van der Waals surface area contributed by atoms with Gasteiger partial charge in [0.05, 0.1) is 0 Å². The van der Waals surface area contributed by atoms with Crippen LogP contribution < -0.4 is 0 Å². The Bertz CT molecular complexity index is 569. The van der Waals surface area contributed by atoms with Crippen molar-refractivity contribution in [2.75, 3.05) is 5.75 Å². The third-order valence-corrected chi connectivity index (χ3v) is 5.60. The van der Waals surface area contributed by atoms with Gasteiger partial charge in [-0.2, -0.15) is 0 Å². The van der Waals surface area contributed by atoms with E-state index in [-0.39, 0.29) is 0 Å². The van der Waals surface area contributed by atoms with Crippen LogP contribution in [0.5, 0.6) is 0 Å². The summed E-state index contributed by atoms with van der Waals surface area (Å²) in [5.41, 5.74) is 1.09. The summed E-state index contributed by atoms with van der Waals surface area (Å²) in [4.78, 5) is 9.30. The van der Waals surface area contributed by atoms with Gasteiger partial charge >= 0.3 is 0 Å². The second kappa shape index (κ2) is 7.56. The molecule has 0 fully saturated rings. The predicted molar refractivity (Wildman–Crippen MR) is 90.6 cm³/mol. The van der Waals surface area contributed by atoms with Gasteiger partial charge in [0.15, 0.2) is 8.68 Å². The first kappa shape index (κ1) is 16.7. The van der Waals surface area contributed by atoms with Crippen molar-refractivity contribution in [2.45, 2.75) is 60.2 Å². The normalized spacial score (nSPS) is 11.6. The molecule has 0 saturated carbocycles. The van der Waals surface area contributed by atoms with Crippen LogP contribution in [0.25, 0.3) is 0 Å². The molecular formula is C14H20N4S3. The molecule has 0 unspecified atom stereocenters.